The summed E-state index contributed by atoms with van der Waals surface area (Å²) in [6, 6.07) is 7.33. The van der Waals surface area contributed by atoms with Gasteiger partial charge in [0, 0.05) is 55.7 Å². The molecule has 0 radical (unpaired) electrons. The molecule has 1 aliphatic rings. The lowest BCUT2D eigenvalue weighted by Gasteiger charge is -2.33. The van der Waals surface area contributed by atoms with Crippen LogP contribution in [0.15, 0.2) is 60.2 Å². The molecule has 2 aromatic heterocycles. The fourth-order valence-corrected chi connectivity index (χ4v) is 4.38. The molecule has 7 heteroatoms. The molecule has 3 rings (SSSR count). The van der Waals surface area contributed by atoms with Crippen LogP contribution < -0.4 is 0 Å². The van der Waals surface area contributed by atoms with E-state index < -0.39 is 7.52 Å². The van der Waals surface area contributed by atoms with Gasteiger partial charge in [0.05, 0.1) is 6.61 Å². The second-order valence-electron chi connectivity index (χ2n) is 6.27. The van der Waals surface area contributed by atoms with Crippen molar-refractivity contribution >= 4 is 25.5 Å². The minimum Gasteiger partial charge on any atom is -0.318 e. The van der Waals surface area contributed by atoms with E-state index in [0.717, 1.165) is 11.1 Å². The molecule has 1 saturated heterocycles. The third-order valence-electron chi connectivity index (χ3n) is 4.27. The molecule has 0 spiro atoms. The second-order valence-corrected chi connectivity index (χ2v) is 8.70. The molecular weight excluding hydrogens is 361 g/mol. The molecule has 0 N–H and O–H groups in total. The highest BCUT2D eigenvalue weighted by atomic mass is 31.2. The lowest BCUT2D eigenvalue weighted by molar-refractivity contribution is -0.113. The molecule has 1 atom stereocenters. The Kier molecular flexibility index (Phi) is 6.11. The Morgan fingerprint density at radius 1 is 1.00 bits per heavy atom. The van der Waals surface area contributed by atoms with E-state index in [2.05, 4.69) is 9.97 Å². The molecule has 0 amide bonds. The van der Waals surface area contributed by atoms with Crippen LogP contribution in [-0.4, -0.2) is 46.8 Å². The number of pyridine rings is 2. The van der Waals surface area contributed by atoms with Crippen molar-refractivity contribution in [2.24, 2.45) is 0 Å². The summed E-state index contributed by atoms with van der Waals surface area (Å²) in [7, 11) is -3.00. The van der Waals surface area contributed by atoms with Gasteiger partial charge in [0.15, 0.2) is 5.78 Å². The van der Waals surface area contributed by atoms with E-state index in [0.29, 0.717) is 17.8 Å². The van der Waals surface area contributed by atoms with E-state index in [9.17, 15) is 9.36 Å². The normalized spacial score (nSPS) is 20.7. The molecule has 27 heavy (non-hydrogen) atoms. The first kappa shape index (κ1) is 19.4. The van der Waals surface area contributed by atoms with E-state index in [4.69, 9.17) is 4.52 Å². The summed E-state index contributed by atoms with van der Waals surface area (Å²) in [5, 5.41) is 0. The zero-order valence-corrected chi connectivity index (χ0v) is 16.3. The van der Waals surface area contributed by atoms with Gasteiger partial charge in [0.1, 0.15) is 0 Å². The van der Waals surface area contributed by atoms with Gasteiger partial charge in [0.25, 0.3) is 7.52 Å². The number of nitrogens with zero attached hydrogens (tertiary/aromatic N) is 3. The van der Waals surface area contributed by atoms with Crippen molar-refractivity contribution < 1.29 is 13.9 Å². The molecule has 2 aromatic rings. The van der Waals surface area contributed by atoms with Crippen molar-refractivity contribution in [3.8, 4) is 0 Å². The van der Waals surface area contributed by atoms with Crippen molar-refractivity contribution in [3.63, 3.8) is 0 Å². The molecule has 0 saturated carbocycles. The smallest absolute Gasteiger partial charge is 0.269 e. The van der Waals surface area contributed by atoms with Gasteiger partial charge in [-0.1, -0.05) is 0 Å². The molecule has 0 bridgehead atoms. The van der Waals surface area contributed by atoms with Crippen LogP contribution in [0.25, 0.3) is 12.2 Å². The Bertz CT molecular complexity index is 849. The quantitative estimate of drug-likeness (QED) is 0.579. The zero-order valence-electron chi connectivity index (χ0n) is 15.4. The van der Waals surface area contributed by atoms with E-state index >= 15 is 0 Å². The first-order valence-corrected chi connectivity index (χ1v) is 10.8. The highest BCUT2D eigenvalue weighted by Crippen LogP contribution is 2.49. The summed E-state index contributed by atoms with van der Waals surface area (Å²) in [5.41, 5.74) is 2.91. The average Bonchev–Trinajstić information content (AvgIpc) is 2.66. The molecule has 1 aliphatic heterocycles. The molecule has 0 aromatic carbocycles. The van der Waals surface area contributed by atoms with Crippen LogP contribution in [-0.2, 0) is 13.9 Å². The Morgan fingerprint density at radius 2 is 1.44 bits per heavy atom. The van der Waals surface area contributed by atoms with Crippen molar-refractivity contribution in [1.82, 2.24) is 14.6 Å². The fraction of sp³-hybridized carbons (Fsp3) is 0.250. The molecule has 0 aliphatic carbocycles. The molecular formula is C20H22N3O3P. The first-order valence-electron chi connectivity index (χ1n) is 8.73. The van der Waals surface area contributed by atoms with E-state index in [1.165, 1.54) is 0 Å². The summed E-state index contributed by atoms with van der Waals surface area (Å²) in [4.78, 5) is 21.0. The number of aromatic nitrogens is 2. The highest BCUT2D eigenvalue weighted by Gasteiger charge is 2.34. The van der Waals surface area contributed by atoms with Gasteiger partial charge < -0.3 is 4.52 Å². The molecule has 1 fully saturated rings. The number of hydrogen-bond acceptors (Lipinski definition) is 5. The van der Waals surface area contributed by atoms with Crippen LogP contribution in [0.1, 0.15) is 18.1 Å². The molecule has 3 heterocycles. The minimum atomic E-state index is -3.00. The average molecular weight is 383 g/mol. The van der Waals surface area contributed by atoms with Crippen LogP contribution in [0.5, 0.6) is 0 Å². The van der Waals surface area contributed by atoms with Crippen LogP contribution in [0.3, 0.4) is 0 Å². The Balaban J connectivity index is 2.00. The Labute approximate surface area is 159 Å². The summed E-state index contributed by atoms with van der Waals surface area (Å²) in [6.07, 6.45) is 10.4. The number of ketones is 1. The standard InChI is InChI=1S/C20H22N3O3P/c1-3-26-27(2,25)23-14-18(12-16-4-8-21-9-5-16)20(24)19(15-23)13-17-6-10-22-11-7-17/h4-13H,3,14-15H2,1-2H3/b18-12+,19-13+. The minimum absolute atomic E-state index is 0.0450. The lowest BCUT2D eigenvalue weighted by atomic mass is 9.96. The maximum absolute atomic E-state index is 13.0. The van der Waals surface area contributed by atoms with Gasteiger partial charge in [-0.3, -0.25) is 19.3 Å². The number of rotatable bonds is 5. The van der Waals surface area contributed by atoms with Crippen molar-refractivity contribution in [2.45, 2.75) is 6.92 Å². The zero-order chi connectivity index (χ0) is 19.3. The van der Waals surface area contributed by atoms with Crippen LogP contribution in [0.4, 0.5) is 0 Å². The largest absolute Gasteiger partial charge is 0.318 e. The van der Waals surface area contributed by atoms with Crippen LogP contribution in [0, 0.1) is 0 Å². The number of carbonyl (C=O) groups is 1. The Morgan fingerprint density at radius 3 is 1.85 bits per heavy atom. The maximum Gasteiger partial charge on any atom is 0.269 e. The van der Waals surface area contributed by atoms with Gasteiger partial charge in [0.2, 0.25) is 0 Å². The number of piperidine rings is 1. The van der Waals surface area contributed by atoms with Crippen molar-refractivity contribution in [1.29, 1.82) is 0 Å². The van der Waals surface area contributed by atoms with Gasteiger partial charge in [-0.25, -0.2) is 4.67 Å². The fourth-order valence-electron chi connectivity index (χ4n) is 2.92. The van der Waals surface area contributed by atoms with E-state index in [1.807, 2.05) is 43.3 Å². The predicted molar refractivity (Wildman–Crippen MR) is 106 cm³/mol. The summed E-state index contributed by atoms with van der Waals surface area (Å²) >= 11 is 0. The molecule has 6 nitrogen and oxygen atoms in total. The predicted octanol–water partition coefficient (Wildman–Crippen LogP) is 3.69. The number of Topliss-reactive ketones (excluding diaryl/α,β-unsaturated/α-hetero) is 1. The molecule has 140 valence electrons. The van der Waals surface area contributed by atoms with Gasteiger partial charge in [-0.15, -0.1) is 0 Å². The van der Waals surface area contributed by atoms with Gasteiger partial charge in [-0.2, -0.15) is 0 Å². The number of carbonyl (C=O) groups excluding carboxylic acids is 1. The summed E-state index contributed by atoms with van der Waals surface area (Å²) in [5.74, 6) is -0.0450. The van der Waals surface area contributed by atoms with Crippen LogP contribution in [0.2, 0.25) is 0 Å². The van der Waals surface area contributed by atoms with Crippen LogP contribution >= 0.6 is 7.52 Å². The highest BCUT2D eigenvalue weighted by molar-refractivity contribution is 7.55. The second kappa shape index (κ2) is 8.53. The van der Waals surface area contributed by atoms with Crippen molar-refractivity contribution in [2.75, 3.05) is 26.4 Å². The first-order chi connectivity index (χ1) is 13.0. The topological polar surface area (TPSA) is 72.4 Å². The van der Waals surface area contributed by atoms with E-state index in [1.54, 1.807) is 36.1 Å². The van der Waals surface area contributed by atoms with Crippen molar-refractivity contribution in [3.05, 3.63) is 71.3 Å². The third kappa shape index (κ3) is 4.86. The monoisotopic (exact) mass is 383 g/mol. The third-order valence-corrected chi connectivity index (χ3v) is 6.31. The van der Waals surface area contributed by atoms with Gasteiger partial charge >= 0.3 is 0 Å². The molecule has 1 unspecified atom stereocenters. The Hall–Kier alpha value is -2.40. The van der Waals surface area contributed by atoms with Gasteiger partial charge in [-0.05, 0) is 54.5 Å². The summed E-state index contributed by atoms with van der Waals surface area (Å²) in [6.45, 7) is 4.32. The maximum atomic E-state index is 13.0. The number of hydrogen-bond donors (Lipinski definition) is 0. The summed E-state index contributed by atoms with van der Waals surface area (Å²) < 4.78 is 20.2. The van der Waals surface area contributed by atoms with E-state index in [-0.39, 0.29) is 18.9 Å². The SMILES string of the molecule is CCOP(C)(=O)N1C/C(=C\c2ccncc2)C(=O)/C(=C/c2ccncc2)C1. The lowest BCUT2D eigenvalue weighted by Crippen LogP contribution is -2.35.